The number of hydrogen-bond acceptors (Lipinski definition) is 3. The molecule has 1 aliphatic heterocycles. The van der Waals surface area contributed by atoms with Gasteiger partial charge in [0.2, 0.25) is 0 Å². The van der Waals surface area contributed by atoms with Gasteiger partial charge in [0.25, 0.3) is 0 Å². The average Bonchev–Trinajstić information content (AvgIpc) is 2.31. The predicted molar refractivity (Wildman–Crippen MR) is 77.7 cm³/mol. The summed E-state index contributed by atoms with van der Waals surface area (Å²) in [6.07, 6.45) is 11.0. The minimum atomic E-state index is -2.75. The fraction of sp³-hybridized carbons (Fsp3) is 1.00. The Morgan fingerprint density at radius 1 is 1.06 bits per heavy atom. The normalized spacial score (nSPS) is 23.1. The molecule has 1 unspecified atom stereocenters. The van der Waals surface area contributed by atoms with E-state index in [1.54, 1.807) is 0 Å². The van der Waals surface area contributed by atoms with E-state index >= 15 is 0 Å². The van der Waals surface area contributed by atoms with Gasteiger partial charge in [0.1, 0.15) is 0 Å². The summed E-state index contributed by atoms with van der Waals surface area (Å²) >= 11 is 0. The molecular formula is C14H29NO2S. The second-order valence-electron chi connectivity index (χ2n) is 5.53. The quantitative estimate of drug-likeness (QED) is 0.658. The molecule has 4 heteroatoms. The highest BCUT2D eigenvalue weighted by Gasteiger charge is 2.23. The molecule has 1 aliphatic rings. The van der Waals surface area contributed by atoms with E-state index < -0.39 is 9.84 Å². The third-order valence-corrected chi connectivity index (χ3v) is 5.50. The highest BCUT2D eigenvalue weighted by molar-refractivity contribution is 7.91. The molecule has 0 radical (unpaired) electrons. The molecule has 1 fully saturated rings. The average molecular weight is 275 g/mol. The Kier molecular flexibility index (Phi) is 7.91. The van der Waals surface area contributed by atoms with Crippen molar-refractivity contribution in [2.75, 3.05) is 18.1 Å². The summed E-state index contributed by atoms with van der Waals surface area (Å²) in [7, 11) is -2.75. The molecule has 0 amide bonds. The molecule has 0 aromatic heterocycles. The van der Waals surface area contributed by atoms with Crippen LogP contribution >= 0.6 is 0 Å². The van der Waals surface area contributed by atoms with Crippen molar-refractivity contribution in [3.05, 3.63) is 0 Å². The van der Waals surface area contributed by atoms with Gasteiger partial charge in [0, 0.05) is 6.04 Å². The molecule has 1 rings (SSSR count). The van der Waals surface area contributed by atoms with Crippen LogP contribution in [0.15, 0.2) is 0 Å². The fourth-order valence-corrected chi connectivity index (χ4v) is 4.24. The number of nitrogens with one attached hydrogen (secondary N) is 1. The van der Waals surface area contributed by atoms with Crippen molar-refractivity contribution < 1.29 is 8.42 Å². The minimum absolute atomic E-state index is 0.212. The van der Waals surface area contributed by atoms with Crippen molar-refractivity contribution in [3.63, 3.8) is 0 Å². The molecule has 0 spiro atoms. The SMILES string of the molecule is CCCCCCCCCNC1CCCS(=O)(=O)C1. The molecule has 1 atom stereocenters. The summed E-state index contributed by atoms with van der Waals surface area (Å²) in [6, 6.07) is 0.212. The molecule has 0 aromatic carbocycles. The lowest BCUT2D eigenvalue weighted by Gasteiger charge is -2.23. The Hall–Kier alpha value is -0.0900. The van der Waals surface area contributed by atoms with Gasteiger partial charge in [0.15, 0.2) is 9.84 Å². The van der Waals surface area contributed by atoms with Crippen LogP contribution in [0.2, 0.25) is 0 Å². The summed E-state index contributed by atoms with van der Waals surface area (Å²) in [5.41, 5.74) is 0. The van der Waals surface area contributed by atoms with Gasteiger partial charge < -0.3 is 5.32 Å². The molecule has 0 aliphatic carbocycles. The zero-order valence-corrected chi connectivity index (χ0v) is 12.6. The first-order valence-corrected chi connectivity index (χ1v) is 9.40. The van der Waals surface area contributed by atoms with Crippen LogP contribution in [-0.4, -0.2) is 32.5 Å². The summed E-state index contributed by atoms with van der Waals surface area (Å²) in [5, 5.41) is 3.40. The van der Waals surface area contributed by atoms with E-state index in [1.807, 2.05) is 0 Å². The van der Waals surface area contributed by atoms with Crippen LogP contribution in [0.1, 0.15) is 64.7 Å². The lowest BCUT2D eigenvalue weighted by Crippen LogP contribution is -2.40. The topological polar surface area (TPSA) is 46.2 Å². The Morgan fingerprint density at radius 3 is 2.39 bits per heavy atom. The standard InChI is InChI=1S/C14H29NO2S/c1-2-3-4-5-6-7-8-11-15-14-10-9-12-18(16,17)13-14/h14-15H,2-13H2,1H3. The smallest absolute Gasteiger partial charge is 0.151 e. The first-order valence-electron chi connectivity index (χ1n) is 7.58. The van der Waals surface area contributed by atoms with Crippen molar-refractivity contribution in [1.29, 1.82) is 0 Å². The number of hydrogen-bond donors (Lipinski definition) is 1. The van der Waals surface area contributed by atoms with Gasteiger partial charge in [-0.1, -0.05) is 45.4 Å². The highest BCUT2D eigenvalue weighted by Crippen LogP contribution is 2.12. The predicted octanol–water partition coefficient (Wildman–Crippen LogP) is 2.90. The fourth-order valence-electron chi connectivity index (χ4n) is 2.57. The molecule has 1 saturated heterocycles. The van der Waals surface area contributed by atoms with Crippen molar-refractivity contribution in [1.82, 2.24) is 5.32 Å². The number of rotatable bonds is 9. The Balaban J connectivity index is 1.94. The molecule has 0 bridgehead atoms. The molecule has 3 nitrogen and oxygen atoms in total. The second-order valence-corrected chi connectivity index (χ2v) is 7.76. The highest BCUT2D eigenvalue weighted by atomic mass is 32.2. The van der Waals surface area contributed by atoms with Gasteiger partial charge in [0.05, 0.1) is 11.5 Å². The van der Waals surface area contributed by atoms with Crippen LogP contribution in [0.3, 0.4) is 0 Å². The molecule has 1 N–H and O–H groups in total. The molecule has 18 heavy (non-hydrogen) atoms. The molecule has 108 valence electrons. The largest absolute Gasteiger partial charge is 0.313 e. The van der Waals surface area contributed by atoms with Crippen molar-refractivity contribution in [3.8, 4) is 0 Å². The summed E-state index contributed by atoms with van der Waals surface area (Å²) in [5.74, 6) is 0.742. The summed E-state index contributed by atoms with van der Waals surface area (Å²) < 4.78 is 22.9. The van der Waals surface area contributed by atoms with E-state index in [1.165, 1.54) is 44.9 Å². The van der Waals surface area contributed by atoms with Crippen LogP contribution in [0, 0.1) is 0 Å². The van der Waals surface area contributed by atoms with E-state index in [2.05, 4.69) is 12.2 Å². The van der Waals surface area contributed by atoms with Gasteiger partial charge in [-0.15, -0.1) is 0 Å². The first kappa shape index (κ1) is 16.0. The van der Waals surface area contributed by atoms with Gasteiger partial charge in [-0.25, -0.2) is 8.42 Å². The van der Waals surface area contributed by atoms with E-state index in [0.29, 0.717) is 11.5 Å². The third kappa shape index (κ3) is 7.37. The monoisotopic (exact) mass is 275 g/mol. The number of unbranched alkanes of at least 4 members (excludes halogenated alkanes) is 6. The van der Waals surface area contributed by atoms with E-state index in [-0.39, 0.29) is 6.04 Å². The van der Waals surface area contributed by atoms with Crippen molar-refractivity contribution >= 4 is 9.84 Å². The Bertz CT molecular complexity index is 301. The minimum Gasteiger partial charge on any atom is -0.313 e. The number of sulfone groups is 1. The summed E-state index contributed by atoms with van der Waals surface area (Å²) in [6.45, 7) is 3.22. The molecule has 1 heterocycles. The maximum Gasteiger partial charge on any atom is 0.151 e. The van der Waals surface area contributed by atoms with Crippen LogP contribution in [0.4, 0.5) is 0 Å². The Morgan fingerprint density at radius 2 is 1.72 bits per heavy atom. The van der Waals surface area contributed by atoms with Crippen LogP contribution < -0.4 is 5.32 Å². The van der Waals surface area contributed by atoms with Crippen LogP contribution in [0.5, 0.6) is 0 Å². The van der Waals surface area contributed by atoms with E-state index in [9.17, 15) is 8.42 Å². The van der Waals surface area contributed by atoms with Gasteiger partial charge in [-0.05, 0) is 25.8 Å². The van der Waals surface area contributed by atoms with E-state index in [4.69, 9.17) is 0 Å². The molecular weight excluding hydrogens is 246 g/mol. The lowest BCUT2D eigenvalue weighted by atomic mass is 10.1. The van der Waals surface area contributed by atoms with Crippen molar-refractivity contribution in [2.45, 2.75) is 70.8 Å². The van der Waals surface area contributed by atoms with Gasteiger partial charge in [-0.3, -0.25) is 0 Å². The van der Waals surface area contributed by atoms with Gasteiger partial charge >= 0.3 is 0 Å². The molecule has 0 saturated carbocycles. The Labute approximate surface area is 113 Å². The van der Waals surface area contributed by atoms with E-state index in [0.717, 1.165) is 19.4 Å². The lowest BCUT2D eigenvalue weighted by molar-refractivity contribution is 0.467. The first-order chi connectivity index (χ1) is 8.64. The van der Waals surface area contributed by atoms with Crippen LogP contribution in [0.25, 0.3) is 0 Å². The maximum absolute atomic E-state index is 11.5. The molecule has 0 aromatic rings. The second kappa shape index (κ2) is 8.92. The van der Waals surface area contributed by atoms with Crippen molar-refractivity contribution in [2.24, 2.45) is 0 Å². The maximum atomic E-state index is 11.5. The summed E-state index contributed by atoms with van der Waals surface area (Å²) in [4.78, 5) is 0. The van der Waals surface area contributed by atoms with Crippen LogP contribution in [-0.2, 0) is 9.84 Å². The van der Waals surface area contributed by atoms with Gasteiger partial charge in [-0.2, -0.15) is 0 Å². The third-order valence-electron chi connectivity index (χ3n) is 3.68. The zero-order valence-electron chi connectivity index (χ0n) is 11.8. The zero-order chi connectivity index (χ0) is 13.3.